The van der Waals surface area contributed by atoms with Gasteiger partial charge in [0.1, 0.15) is 24.0 Å². The van der Waals surface area contributed by atoms with Crippen molar-refractivity contribution in [1.82, 2.24) is 5.32 Å². The largest absolute Gasteiger partial charge is 0.489 e. The molecule has 4 heteroatoms. The average molecular weight is 389 g/mol. The lowest BCUT2D eigenvalue weighted by molar-refractivity contribution is 0.302. The zero-order valence-electron chi connectivity index (χ0n) is 15.9. The van der Waals surface area contributed by atoms with E-state index in [0.717, 1.165) is 33.2 Å². The second-order valence-electron chi connectivity index (χ2n) is 6.91. The fourth-order valence-corrected chi connectivity index (χ4v) is 3.31. The van der Waals surface area contributed by atoms with Crippen LogP contribution in [0.1, 0.15) is 16.7 Å². The Morgan fingerprint density at radius 3 is 2.03 bits per heavy atom. The molecule has 0 amide bonds. The summed E-state index contributed by atoms with van der Waals surface area (Å²) in [7, 11) is 0. The van der Waals surface area contributed by atoms with Crippen LogP contribution in [-0.2, 0) is 19.7 Å². The van der Waals surface area contributed by atoms with Gasteiger partial charge in [-0.2, -0.15) is 0 Å². The predicted octanol–water partition coefficient (Wildman–Crippen LogP) is 5.99. The standard InChI is InChI=1S/C25H21F2NO/c26-21-10-5-18(6-11-21)15-28-16-24-23-4-2-1-3-20(23)9-14-25(24)29-17-19-7-12-22(27)13-8-19/h1-14,28H,15-17H2. The Hall–Kier alpha value is -3.24. The summed E-state index contributed by atoms with van der Waals surface area (Å²) < 4.78 is 32.3. The molecule has 0 saturated carbocycles. The zero-order chi connectivity index (χ0) is 20.1. The molecule has 0 aromatic heterocycles. The van der Waals surface area contributed by atoms with Gasteiger partial charge in [-0.25, -0.2) is 8.78 Å². The van der Waals surface area contributed by atoms with Gasteiger partial charge in [0.05, 0.1) is 0 Å². The third-order valence-corrected chi connectivity index (χ3v) is 4.85. The number of hydrogen-bond donors (Lipinski definition) is 1. The van der Waals surface area contributed by atoms with Crippen LogP contribution in [0.3, 0.4) is 0 Å². The van der Waals surface area contributed by atoms with Crippen molar-refractivity contribution >= 4 is 10.8 Å². The molecule has 0 bridgehead atoms. The van der Waals surface area contributed by atoms with E-state index in [4.69, 9.17) is 4.74 Å². The molecule has 1 N–H and O–H groups in total. The van der Waals surface area contributed by atoms with E-state index < -0.39 is 0 Å². The van der Waals surface area contributed by atoms with Gasteiger partial charge >= 0.3 is 0 Å². The highest BCUT2D eigenvalue weighted by atomic mass is 19.1. The van der Waals surface area contributed by atoms with Gasteiger partial charge < -0.3 is 10.1 Å². The van der Waals surface area contributed by atoms with Crippen molar-refractivity contribution in [2.24, 2.45) is 0 Å². The SMILES string of the molecule is Fc1ccc(CNCc2c(OCc3ccc(F)cc3)ccc3ccccc23)cc1. The first-order valence-corrected chi connectivity index (χ1v) is 9.52. The number of hydrogen-bond acceptors (Lipinski definition) is 2. The van der Waals surface area contributed by atoms with Crippen molar-refractivity contribution in [2.75, 3.05) is 0 Å². The van der Waals surface area contributed by atoms with Crippen molar-refractivity contribution in [1.29, 1.82) is 0 Å². The second-order valence-corrected chi connectivity index (χ2v) is 6.91. The van der Waals surface area contributed by atoms with Crippen molar-refractivity contribution in [3.63, 3.8) is 0 Å². The summed E-state index contributed by atoms with van der Waals surface area (Å²) in [5.41, 5.74) is 2.98. The Kier molecular flexibility index (Phi) is 5.82. The van der Waals surface area contributed by atoms with E-state index >= 15 is 0 Å². The number of rotatable bonds is 7. The third kappa shape index (κ3) is 4.79. The molecule has 4 aromatic rings. The smallest absolute Gasteiger partial charge is 0.124 e. The lowest BCUT2D eigenvalue weighted by Crippen LogP contribution is -2.14. The molecule has 0 fully saturated rings. The second kappa shape index (κ2) is 8.84. The highest BCUT2D eigenvalue weighted by Gasteiger charge is 2.09. The summed E-state index contributed by atoms with van der Waals surface area (Å²) in [4.78, 5) is 0. The number of benzene rings is 4. The lowest BCUT2D eigenvalue weighted by Gasteiger charge is -2.15. The Balaban J connectivity index is 1.53. The normalized spacial score (nSPS) is 11.0. The Morgan fingerprint density at radius 1 is 0.655 bits per heavy atom. The molecule has 0 heterocycles. The van der Waals surface area contributed by atoms with Crippen LogP contribution in [0.25, 0.3) is 10.8 Å². The van der Waals surface area contributed by atoms with Gasteiger partial charge in [-0.15, -0.1) is 0 Å². The molecule has 0 aliphatic rings. The number of ether oxygens (including phenoxy) is 1. The van der Waals surface area contributed by atoms with Crippen molar-refractivity contribution in [3.8, 4) is 5.75 Å². The van der Waals surface area contributed by atoms with E-state index in [-0.39, 0.29) is 11.6 Å². The minimum atomic E-state index is -0.259. The maximum Gasteiger partial charge on any atom is 0.124 e. The summed E-state index contributed by atoms with van der Waals surface area (Å²) in [6.07, 6.45) is 0. The molecule has 2 nitrogen and oxygen atoms in total. The maximum absolute atomic E-state index is 13.1. The molecule has 0 radical (unpaired) electrons. The maximum atomic E-state index is 13.1. The quantitative estimate of drug-likeness (QED) is 0.419. The van der Waals surface area contributed by atoms with E-state index in [2.05, 4.69) is 17.4 Å². The van der Waals surface area contributed by atoms with Gasteiger partial charge in [0.15, 0.2) is 0 Å². The number of fused-ring (bicyclic) bond motifs is 1. The van der Waals surface area contributed by atoms with Crippen LogP contribution in [0.5, 0.6) is 5.75 Å². The highest BCUT2D eigenvalue weighted by molar-refractivity contribution is 5.87. The first-order valence-electron chi connectivity index (χ1n) is 9.52. The number of halogens is 2. The van der Waals surface area contributed by atoms with Crippen LogP contribution in [0, 0.1) is 11.6 Å². The van der Waals surface area contributed by atoms with Gasteiger partial charge in [0, 0.05) is 18.7 Å². The van der Waals surface area contributed by atoms with Gasteiger partial charge in [-0.05, 0) is 52.2 Å². The first kappa shape index (κ1) is 19.1. The van der Waals surface area contributed by atoms with Crippen molar-refractivity contribution in [2.45, 2.75) is 19.7 Å². The highest BCUT2D eigenvalue weighted by Crippen LogP contribution is 2.29. The van der Waals surface area contributed by atoms with Crippen LogP contribution in [0.2, 0.25) is 0 Å². The summed E-state index contributed by atoms with van der Waals surface area (Å²) >= 11 is 0. The zero-order valence-corrected chi connectivity index (χ0v) is 15.9. The summed E-state index contributed by atoms with van der Waals surface area (Å²) in [5, 5.41) is 5.68. The van der Waals surface area contributed by atoms with Gasteiger partial charge in [0.2, 0.25) is 0 Å². The minimum Gasteiger partial charge on any atom is -0.489 e. The van der Waals surface area contributed by atoms with E-state index in [1.807, 2.05) is 24.3 Å². The molecule has 0 spiro atoms. The number of nitrogens with one attached hydrogen (secondary N) is 1. The molecular formula is C25H21F2NO. The molecular weight excluding hydrogens is 368 g/mol. The monoisotopic (exact) mass is 389 g/mol. The lowest BCUT2D eigenvalue weighted by atomic mass is 10.0. The van der Waals surface area contributed by atoms with Crippen molar-refractivity contribution < 1.29 is 13.5 Å². The minimum absolute atomic E-state index is 0.237. The van der Waals surface area contributed by atoms with Gasteiger partial charge in [-0.3, -0.25) is 0 Å². The summed E-state index contributed by atoms with van der Waals surface area (Å²) in [6, 6.07) is 25.0. The van der Waals surface area contributed by atoms with Crippen molar-refractivity contribution in [3.05, 3.63) is 113 Å². The fraction of sp³-hybridized carbons (Fsp3) is 0.120. The molecule has 0 unspecified atom stereocenters. The molecule has 4 rings (SSSR count). The molecule has 0 aliphatic heterocycles. The van der Waals surface area contributed by atoms with Gasteiger partial charge in [0.25, 0.3) is 0 Å². The van der Waals surface area contributed by atoms with E-state index in [0.29, 0.717) is 19.7 Å². The fourth-order valence-electron chi connectivity index (χ4n) is 3.31. The molecule has 4 aromatic carbocycles. The molecule has 146 valence electrons. The summed E-state index contributed by atoms with van der Waals surface area (Å²) in [6.45, 7) is 1.60. The predicted molar refractivity (Wildman–Crippen MR) is 112 cm³/mol. The van der Waals surface area contributed by atoms with E-state index in [9.17, 15) is 8.78 Å². The molecule has 0 atom stereocenters. The Morgan fingerprint density at radius 2 is 1.31 bits per heavy atom. The van der Waals surface area contributed by atoms with Crippen LogP contribution < -0.4 is 10.1 Å². The Bertz CT molecular complexity index is 1090. The molecule has 0 aliphatic carbocycles. The van der Waals surface area contributed by atoms with Crippen LogP contribution in [-0.4, -0.2) is 0 Å². The van der Waals surface area contributed by atoms with Crippen LogP contribution in [0.15, 0.2) is 84.9 Å². The topological polar surface area (TPSA) is 21.3 Å². The van der Waals surface area contributed by atoms with E-state index in [1.54, 1.807) is 24.3 Å². The Labute approximate surface area is 168 Å². The molecule has 0 saturated heterocycles. The van der Waals surface area contributed by atoms with Crippen LogP contribution in [0.4, 0.5) is 8.78 Å². The van der Waals surface area contributed by atoms with Gasteiger partial charge in [-0.1, -0.05) is 54.6 Å². The first-order chi connectivity index (χ1) is 14.2. The van der Waals surface area contributed by atoms with E-state index in [1.165, 1.54) is 24.3 Å². The summed E-state index contributed by atoms with van der Waals surface area (Å²) in [5.74, 6) is 0.295. The molecule has 29 heavy (non-hydrogen) atoms. The third-order valence-electron chi connectivity index (χ3n) is 4.85. The average Bonchev–Trinajstić information content (AvgIpc) is 2.75. The van der Waals surface area contributed by atoms with Crippen LogP contribution >= 0.6 is 0 Å².